The summed E-state index contributed by atoms with van der Waals surface area (Å²) in [6.45, 7) is 5.97. The molecular formula is C10H15NO3. The second kappa shape index (κ2) is 4.26. The van der Waals surface area contributed by atoms with Gasteiger partial charge in [0, 0.05) is 0 Å². The average molecular weight is 197 g/mol. The minimum absolute atomic E-state index is 0.133. The van der Waals surface area contributed by atoms with Gasteiger partial charge in [-0.1, -0.05) is 19.9 Å². The summed E-state index contributed by atoms with van der Waals surface area (Å²) < 4.78 is 4.84. The molecule has 78 valence electrons. The van der Waals surface area contributed by atoms with Crippen molar-refractivity contribution in [3.63, 3.8) is 0 Å². The van der Waals surface area contributed by atoms with Crippen LogP contribution < -0.4 is 0 Å². The first-order valence-corrected chi connectivity index (χ1v) is 4.70. The van der Waals surface area contributed by atoms with Gasteiger partial charge in [-0.3, -0.25) is 4.79 Å². The zero-order valence-electron chi connectivity index (χ0n) is 8.69. The quantitative estimate of drug-likeness (QED) is 0.631. The molecule has 1 atom stereocenters. The molecule has 1 heterocycles. The van der Waals surface area contributed by atoms with Crippen LogP contribution in [0, 0.1) is 5.92 Å². The van der Waals surface area contributed by atoms with Crippen LogP contribution in [0.5, 0.6) is 0 Å². The Morgan fingerprint density at radius 3 is 2.79 bits per heavy atom. The molecule has 0 aromatic heterocycles. The lowest BCUT2D eigenvalue weighted by Crippen LogP contribution is -2.40. The van der Waals surface area contributed by atoms with E-state index in [1.165, 1.54) is 11.0 Å². The molecule has 0 spiro atoms. The summed E-state index contributed by atoms with van der Waals surface area (Å²) >= 11 is 0. The highest BCUT2D eigenvalue weighted by Gasteiger charge is 2.38. The molecule has 4 heteroatoms. The van der Waals surface area contributed by atoms with Crippen LogP contribution in [0.15, 0.2) is 12.2 Å². The van der Waals surface area contributed by atoms with Gasteiger partial charge < -0.3 is 4.74 Å². The molecule has 0 aromatic carbocycles. The van der Waals surface area contributed by atoms with Crippen LogP contribution in [-0.4, -0.2) is 29.5 Å². The number of rotatable bonds is 2. The van der Waals surface area contributed by atoms with Crippen molar-refractivity contribution >= 4 is 12.0 Å². The molecule has 0 bridgehead atoms. The summed E-state index contributed by atoms with van der Waals surface area (Å²) in [6, 6.07) is -0.133. The lowest BCUT2D eigenvalue weighted by Gasteiger charge is -2.20. The first-order chi connectivity index (χ1) is 6.57. The monoisotopic (exact) mass is 197 g/mol. The fourth-order valence-corrected chi connectivity index (χ4v) is 1.40. The maximum absolute atomic E-state index is 11.5. The lowest BCUT2D eigenvalue weighted by molar-refractivity contribution is -0.124. The number of carbonyl (C=O) groups is 2. The molecule has 14 heavy (non-hydrogen) atoms. The van der Waals surface area contributed by atoms with Crippen LogP contribution in [0.25, 0.3) is 0 Å². The van der Waals surface area contributed by atoms with E-state index < -0.39 is 6.09 Å². The molecule has 0 aliphatic carbocycles. The first kappa shape index (κ1) is 10.8. The Labute approximate surface area is 83.5 Å². The van der Waals surface area contributed by atoms with Crippen LogP contribution in [0.3, 0.4) is 0 Å². The second-order valence-electron chi connectivity index (χ2n) is 3.60. The Morgan fingerprint density at radius 1 is 1.64 bits per heavy atom. The predicted octanol–water partition coefficient (Wildman–Crippen LogP) is 1.57. The van der Waals surface area contributed by atoms with E-state index >= 15 is 0 Å². The summed E-state index contributed by atoms with van der Waals surface area (Å²) in [5.74, 6) is -0.0793. The fraction of sp³-hybridized carbons (Fsp3) is 0.600. The average Bonchev–Trinajstić information content (AvgIpc) is 2.47. The standard InChI is InChI=1S/C10H15NO3/c1-4-5-9(12)11-8(7(2)3)6-14-10(11)13/h4-5,7-8H,6H2,1-3H3/b5-4+. The predicted molar refractivity (Wildman–Crippen MR) is 51.6 cm³/mol. The van der Waals surface area contributed by atoms with Gasteiger partial charge in [-0.25, -0.2) is 9.69 Å². The molecule has 2 amide bonds. The molecule has 0 saturated carbocycles. The van der Waals surface area contributed by atoms with Gasteiger partial charge in [-0.05, 0) is 18.9 Å². The van der Waals surface area contributed by atoms with Crippen molar-refractivity contribution in [2.24, 2.45) is 5.92 Å². The van der Waals surface area contributed by atoms with Crippen LogP contribution in [0.1, 0.15) is 20.8 Å². The van der Waals surface area contributed by atoms with Crippen LogP contribution in [0.2, 0.25) is 0 Å². The third-order valence-corrected chi connectivity index (χ3v) is 2.22. The summed E-state index contributed by atoms with van der Waals surface area (Å²) in [7, 11) is 0. The van der Waals surface area contributed by atoms with Gasteiger partial charge in [-0.2, -0.15) is 0 Å². The molecule has 1 fully saturated rings. The number of allylic oxidation sites excluding steroid dienone is 1. The number of ether oxygens (including phenoxy) is 1. The molecule has 1 unspecified atom stereocenters. The number of nitrogens with zero attached hydrogens (tertiary/aromatic N) is 1. The van der Waals surface area contributed by atoms with E-state index in [0.29, 0.717) is 6.61 Å². The Balaban J connectivity index is 2.81. The number of carbonyl (C=O) groups excluding carboxylic acids is 2. The lowest BCUT2D eigenvalue weighted by atomic mass is 10.0. The van der Waals surface area contributed by atoms with Crippen molar-refractivity contribution in [1.82, 2.24) is 4.90 Å². The highest BCUT2D eigenvalue weighted by Crippen LogP contribution is 2.19. The molecule has 1 rings (SSSR count). The van der Waals surface area contributed by atoms with E-state index in [1.807, 2.05) is 13.8 Å². The maximum atomic E-state index is 11.5. The molecule has 4 nitrogen and oxygen atoms in total. The van der Waals surface area contributed by atoms with E-state index in [2.05, 4.69) is 0 Å². The van der Waals surface area contributed by atoms with Crippen molar-refractivity contribution in [1.29, 1.82) is 0 Å². The van der Waals surface area contributed by atoms with Crippen molar-refractivity contribution < 1.29 is 14.3 Å². The minimum atomic E-state index is -0.535. The zero-order valence-corrected chi connectivity index (χ0v) is 8.69. The first-order valence-electron chi connectivity index (χ1n) is 4.70. The Hall–Kier alpha value is -1.32. The van der Waals surface area contributed by atoms with Gasteiger partial charge in [0.05, 0.1) is 6.04 Å². The molecule has 1 aliphatic rings. The third-order valence-electron chi connectivity index (χ3n) is 2.22. The van der Waals surface area contributed by atoms with Crippen LogP contribution in [-0.2, 0) is 9.53 Å². The largest absolute Gasteiger partial charge is 0.447 e. The fourth-order valence-electron chi connectivity index (χ4n) is 1.40. The maximum Gasteiger partial charge on any atom is 0.417 e. The van der Waals surface area contributed by atoms with Gasteiger partial charge >= 0.3 is 6.09 Å². The number of amides is 2. The zero-order chi connectivity index (χ0) is 10.7. The minimum Gasteiger partial charge on any atom is -0.447 e. The highest BCUT2D eigenvalue weighted by atomic mass is 16.6. The number of hydrogen-bond donors (Lipinski definition) is 0. The molecule has 0 radical (unpaired) electrons. The SMILES string of the molecule is C/C=C/C(=O)N1C(=O)OCC1C(C)C. The highest BCUT2D eigenvalue weighted by molar-refractivity contribution is 5.99. The van der Waals surface area contributed by atoms with Gasteiger partial charge in [0.25, 0.3) is 5.91 Å². The van der Waals surface area contributed by atoms with Gasteiger partial charge in [0.15, 0.2) is 0 Å². The number of cyclic esters (lactones) is 1. The van der Waals surface area contributed by atoms with Crippen LogP contribution >= 0.6 is 0 Å². The van der Waals surface area contributed by atoms with Crippen LogP contribution in [0.4, 0.5) is 4.79 Å². The van der Waals surface area contributed by atoms with Crippen molar-refractivity contribution in [3.8, 4) is 0 Å². The Kier molecular flexibility index (Phi) is 3.28. The molecule has 0 N–H and O–H groups in total. The molecule has 1 aliphatic heterocycles. The Morgan fingerprint density at radius 2 is 2.29 bits per heavy atom. The number of imide groups is 1. The van der Waals surface area contributed by atoms with E-state index in [0.717, 1.165) is 0 Å². The molecule has 1 saturated heterocycles. The van der Waals surface area contributed by atoms with Crippen molar-refractivity contribution in [2.45, 2.75) is 26.8 Å². The topological polar surface area (TPSA) is 46.6 Å². The van der Waals surface area contributed by atoms with E-state index in [4.69, 9.17) is 4.74 Å². The van der Waals surface area contributed by atoms with Gasteiger partial charge in [-0.15, -0.1) is 0 Å². The smallest absolute Gasteiger partial charge is 0.417 e. The third kappa shape index (κ3) is 1.95. The van der Waals surface area contributed by atoms with Gasteiger partial charge in [0.1, 0.15) is 6.61 Å². The van der Waals surface area contributed by atoms with Crippen molar-refractivity contribution in [2.75, 3.05) is 6.61 Å². The van der Waals surface area contributed by atoms with Gasteiger partial charge in [0.2, 0.25) is 0 Å². The van der Waals surface area contributed by atoms with E-state index in [9.17, 15) is 9.59 Å². The van der Waals surface area contributed by atoms with E-state index in [1.54, 1.807) is 13.0 Å². The molecule has 0 aromatic rings. The van der Waals surface area contributed by atoms with E-state index in [-0.39, 0.29) is 17.9 Å². The number of hydrogen-bond acceptors (Lipinski definition) is 3. The summed E-state index contributed by atoms with van der Waals surface area (Å²) in [4.78, 5) is 23.9. The summed E-state index contributed by atoms with van der Waals surface area (Å²) in [5, 5.41) is 0. The normalized spacial score (nSPS) is 22.1. The summed E-state index contributed by atoms with van der Waals surface area (Å²) in [5.41, 5.74) is 0. The molecular weight excluding hydrogens is 182 g/mol. The van der Waals surface area contributed by atoms with Crippen molar-refractivity contribution in [3.05, 3.63) is 12.2 Å². The second-order valence-corrected chi connectivity index (χ2v) is 3.60. The Bertz CT molecular complexity index is 271. The summed E-state index contributed by atoms with van der Waals surface area (Å²) in [6.07, 6.45) is 2.46.